The number of fused-ring (bicyclic) bond motifs is 1. The molecule has 2 aromatic rings. The Morgan fingerprint density at radius 2 is 2.18 bits per heavy atom. The number of aromatic nitrogens is 3. The third-order valence-electron chi connectivity index (χ3n) is 5.63. The molecule has 2 fully saturated rings. The van der Waals surface area contributed by atoms with Crippen LogP contribution in [0.1, 0.15) is 37.7 Å². The number of amides is 1. The van der Waals surface area contributed by atoms with E-state index in [1.807, 2.05) is 6.20 Å². The van der Waals surface area contributed by atoms with Gasteiger partial charge in [0.15, 0.2) is 0 Å². The summed E-state index contributed by atoms with van der Waals surface area (Å²) in [6, 6.07) is -0.501. The van der Waals surface area contributed by atoms with Crippen molar-refractivity contribution in [3.63, 3.8) is 0 Å². The molecule has 0 radical (unpaired) electrons. The average Bonchev–Trinajstić information content (AvgIpc) is 3.16. The van der Waals surface area contributed by atoms with Gasteiger partial charge in [0.05, 0.1) is 11.4 Å². The molecule has 1 amide bonds. The van der Waals surface area contributed by atoms with Gasteiger partial charge >= 0.3 is 0 Å². The van der Waals surface area contributed by atoms with E-state index in [9.17, 15) is 9.18 Å². The van der Waals surface area contributed by atoms with Crippen molar-refractivity contribution in [1.29, 1.82) is 0 Å². The minimum absolute atomic E-state index is 0.0847. The lowest BCUT2D eigenvalue weighted by molar-refractivity contribution is -0.127. The van der Waals surface area contributed by atoms with Crippen LogP contribution in [0.2, 0.25) is 0 Å². The highest BCUT2D eigenvalue weighted by Gasteiger charge is 2.32. The van der Waals surface area contributed by atoms with Crippen LogP contribution in [-0.2, 0) is 9.53 Å². The van der Waals surface area contributed by atoms with Gasteiger partial charge in [0, 0.05) is 32.5 Å². The summed E-state index contributed by atoms with van der Waals surface area (Å²) >= 11 is 0. The van der Waals surface area contributed by atoms with E-state index >= 15 is 0 Å². The number of halogens is 1. The molecule has 0 aromatic carbocycles. The van der Waals surface area contributed by atoms with Gasteiger partial charge in [-0.3, -0.25) is 4.79 Å². The van der Waals surface area contributed by atoms with Crippen molar-refractivity contribution in [1.82, 2.24) is 19.9 Å². The van der Waals surface area contributed by atoms with Crippen molar-refractivity contribution in [2.24, 2.45) is 0 Å². The molecule has 4 heterocycles. The maximum Gasteiger partial charge on any atom is 0.246 e. The van der Waals surface area contributed by atoms with Crippen molar-refractivity contribution < 1.29 is 13.9 Å². The predicted molar refractivity (Wildman–Crippen MR) is 105 cm³/mol. The molecule has 2 aliphatic heterocycles. The summed E-state index contributed by atoms with van der Waals surface area (Å²) < 4.78 is 20.1. The van der Waals surface area contributed by atoms with E-state index < -0.39 is 12.2 Å². The van der Waals surface area contributed by atoms with Crippen molar-refractivity contribution in [3.05, 3.63) is 30.2 Å². The standard InChI is InChI=1S/C20H26FN5O2/c1-2-3-17(27)26-7-4-15(21)16(11-26)25-20-18-14(13-5-8-28-9-6-13)10-22-19(18)23-12-24-20/h2-3,10,12-13,15-16H,4-9,11H2,1H3,(H2,22,23,24,25)/b3-2-/t15-,16-/m0/s1. The quantitative estimate of drug-likeness (QED) is 0.789. The minimum Gasteiger partial charge on any atom is -0.381 e. The number of nitrogens with zero attached hydrogens (tertiary/aromatic N) is 3. The van der Waals surface area contributed by atoms with E-state index in [0.717, 1.165) is 42.7 Å². The Balaban J connectivity index is 1.60. The van der Waals surface area contributed by atoms with Gasteiger partial charge < -0.3 is 19.9 Å². The average molecular weight is 387 g/mol. The third kappa shape index (κ3) is 3.73. The first kappa shape index (κ1) is 18.9. The largest absolute Gasteiger partial charge is 0.381 e. The third-order valence-corrected chi connectivity index (χ3v) is 5.63. The van der Waals surface area contributed by atoms with Gasteiger partial charge in [0.1, 0.15) is 24.0 Å². The van der Waals surface area contributed by atoms with E-state index in [-0.39, 0.29) is 5.91 Å². The monoisotopic (exact) mass is 387 g/mol. The van der Waals surface area contributed by atoms with Crippen LogP contribution in [0, 0.1) is 0 Å². The zero-order valence-electron chi connectivity index (χ0n) is 16.0. The first-order chi connectivity index (χ1) is 13.7. The van der Waals surface area contributed by atoms with Gasteiger partial charge in [-0.25, -0.2) is 14.4 Å². The van der Waals surface area contributed by atoms with Gasteiger partial charge in [-0.15, -0.1) is 0 Å². The predicted octanol–water partition coefficient (Wildman–Crippen LogP) is 2.78. The highest BCUT2D eigenvalue weighted by atomic mass is 19.1. The highest BCUT2D eigenvalue weighted by molar-refractivity contribution is 5.91. The number of carbonyl (C=O) groups excluding carboxylic acids is 1. The molecule has 28 heavy (non-hydrogen) atoms. The number of carbonyl (C=O) groups is 1. The molecule has 8 heteroatoms. The summed E-state index contributed by atoms with van der Waals surface area (Å²) in [6.45, 7) is 4.03. The maximum atomic E-state index is 14.7. The number of alkyl halides is 1. The number of ether oxygens (including phenoxy) is 1. The van der Waals surface area contributed by atoms with Crippen molar-refractivity contribution in [2.75, 3.05) is 31.6 Å². The Labute approximate surface area is 163 Å². The second kappa shape index (κ2) is 8.26. The number of piperidine rings is 1. The van der Waals surface area contributed by atoms with Crippen LogP contribution in [0.4, 0.5) is 10.2 Å². The summed E-state index contributed by atoms with van der Waals surface area (Å²) in [5, 5.41) is 4.19. The zero-order chi connectivity index (χ0) is 19.5. The number of H-pyrrole nitrogens is 1. The van der Waals surface area contributed by atoms with Crippen LogP contribution >= 0.6 is 0 Å². The summed E-state index contributed by atoms with van der Waals surface area (Å²) in [7, 11) is 0. The molecule has 4 rings (SSSR count). The fourth-order valence-corrected chi connectivity index (χ4v) is 4.11. The molecule has 2 saturated heterocycles. The summed E-state index contributed by atoms with van der Waals surface area (Å²) in [4.78, 5) is 25.8. The SMILES string of the molecule is C/C=C\C(=O)N1CC[C@H](F)[C@@H](Nc2ncnc3[nH]cc(C4CCOCC4)c23)C1. The second-order valence-corrected chi connectivity index (χ2v) is 7.42. The number of allylic oxidation sites excluding steroid dienone is 1. The Bertz CT molecular complexity index is 861. The van der Waals surface area contributed by atoms with Crippen LogP contribution in [-0.4, -0.2) is 64.3 Å². The minimum atomic E-state index is -1.04. The van der Waals surface area contributed by atoms with Crippen LogP contribution in [0.25, 0.3) is 11.0 Å². The molecule has 0 unspecified atom stereocenters. The molecule has 0 spiro atoms. The fourth-order valence-electron chi connectivity index (χ4n) is 4.11. The van der Waals surface area contributed by atoms with Crippen LogP contribution in [0.15, 0.2) is 24.7 Å². The maximum absolute atomic E-state index is 14.7. The van der Waals surface area contributed by atoms with E-state index in [1.54, 1.807) is 17.9 Å². The second-order valence-electron chi connectivity index (χ2n) is 7.42. The number of anilines is 1. The lowest BCUT2D eigenvalue weighted by atomic mass is 9.92. The Hall–Kier alpha value is -2.48. The first-order valence-electron chi connectivity index (χ1n) is 9.89. The molecule has 150 valence electrons. The number of likely N-dealkylation sites (tertiary alicyclic amines) is 1. The molecule has 0 aliphatic carbocycles. The molecule has 2 atom stereocenters. The first-order valence-corrected chi connectivity index (χ1v) is 9.89. The summed E-state index contributed by atoms with van der Waals surface area (Å²) in [5.74, 6) is 0.911. The van der Waals surface area contributed by atoms with Gasteiger partial charge in [0.2, 0.25) is 5.91 Å². The molecule has 0 saturated carbocycles. The summed E-state index contributed by atoms with van der Waals surface area (Å²) in [5.41, 5.74) is 1.89. The topological polar surface area (TPSA) is 83.1 Å². The van der Waals surface area contributed by atoms with Crippen molar-refractivity contribution in [2.45, 2.75) is 44.3 Å². The van der Waals surface area contributed by atoms with E-state index in [4.69, 9.17) is 4.74 Å². The van der Waals surface area contributed by atoms with E-state index in [0.29, 0.717) is 31.2 Å². The van der Waals surface area contributed by atoms with Gasteiger partial charge in [-0.2, -0.15) is 0 Å². The molecule has 2 aliphatic rings. The zero-order valence-corrected chi connectivity index (χ0v) is 16.0. The molecule has 7 nitrogen and oxygen atoms in total. The van der Waals surface area contributed by atoms with Crippen LogP contribution in [0.5, 0.6) is 0 Å². The molecular weight excluding hydrogens is 361 g/mol. The normalized spacial score (nSPS) is 24.1. The molecular formula is C20H26FN5O2. The number of nitrogens with one attached hydrogen (secondary N) is 2. The number of hydrogen-bond donors (Lipinski definition) is 2. The van der Waals surface area contributed by atoms with Crippen molar-refractivity contribution >= 4 is 22.8 Å². The van der Waals surface area contributed by atoms with Crippen LogP contribution in [0.3, 0.4) is 0 Å². The van der Waals surface area contributed by atoms with E-state index in [1.165, 1.54) is 12.4 Å². The lowest BCUT2D eigenvalue weighted by Gasteiger charge is -2.35. The Morgan fingerprint density at radius 1 is 1.36 bits per heavy atom. The van der Waals surface area contributed by atoms with Gasteiger partial charge in [-0.1, -0.05) is 6.08 Å². The number of aromatic amines is 1. The lowest BCUT2D eigenvalue weighted by Crippen LogP contribution is -2.50. The fraction of sp³-hybridized carbons (Fsp3) is 0.550. The molecule has 0 bridgehead atoms. The van der Waals surface area contributed by atoms with E-state index in [2.05, 4.69) is 20.3 Å². The Kier molecular flexibility index (Phi) is 5.57. The molecule has 2 N–H and O–H groups in total. The van der Waals surface area contributed by atoms with Gasteiger partial charge in [0.25, 0.3) is 0 Å². The number of rotatable bonds is 4. The summed E-state index contributed by atoms with van der Waals surface area (Å²) in [6.07, 6.45) is 7.86. The van der Waals surface area contributed by atoms with Gasteiger partial charge in [-0.05, 0) is 43.7 Å². The highest BCUT2D eigenvalue weighted by Crippen LogP contribution is 2.35. The number of hydrogen-bond acceptors (Lipinski definition) is 5. The molecule has 2 aromatic heterocycles. The van der Waals surface area contributed by atoms with Crippen LogP contribution < -0.4 is 5.32 Å². The Morgan fingerprint density at radius 3 is 2.96 bits per heavy atom. The van der Waals surface area contributed by atoms with Crippen molar-refractivity contribution in [3.8, 4) is 0 Å². The smallest absolute Gasteiger partial charge is 0.246 e.